The first kappa shape index (κ1) is 14.9. The summed E-state index contributed by atoms with van der Waals surface area (Å²) in [6.45, 7) is 4.78. The molecule has 1 unspecified atom stereocenters. The van der Waals surface area contributed by atoms with Crippen LogP contribution in [0.2, 0.25) is 0 Å². The number of rotatable bonds is 4. The Morgan fingerprint density at radius 3 is 3.00 bits per heavy atom. The van der Waals surface area contributed by atoms with Crippen LogP contribution in [-0.4, -0.2) is 39.3 Å². The van der Waals surface area contributed by atoms with Crippen LogP contribution in [0.3, 0.4) is 0 Å². The molecule has 0 bridgehead atoms. The van der Waals surface area contributed by atoms with Gasteiger partial charge in [-0.15, -0.1) is 0 Å². The Morgan fingerprint density at radius 1 is 1.45 bits per heavy atom. The zero-order valence-electron chi connectivity index (χ0n) is 13.1. The molecule has 1 fully saturated rings. The molecule has 1 aromatic heterocycles. The molecule has 0 aromatic carbocycles. The van der Waals surface area contributed by atoms with Gasteiger partial charge in [0.2, 0.25) is 11.8 Å². The molecule has 3 rings (SSSR count). The van der Waals surface area contributed by atoms with E-state index in [4.69, 9.17) is 0 Å². The van der Waals surface area contributed by atoms with Crippen LogP contribution in [-0.2, 0) is 29.0 Å². The fraction of sp³-hybridized carbons (Fsp3) is 0.625. The van der Waals surface area contributed by atoms with E-state index in [1.165, 1.54) is 5.56 Å². The average molecular weight is 302 g/mol. The van der Waals surface area contributed by atoms with E-state index in [2.05, 4.69) is 15.3 Å². The van der Waals surface area contributed by atoms with Gasteiger partial charge in [-0.05, 0) is 38.7 Å². The maximum Gasteiger partial charge on any atom is 0.225 e. The van der Waals surface area contributed by atoms with Crippen molar-refractivity contribution in [2.45, 2.75) is 52.1 Å². The highest BCUT2D eigenvalue weighted by molar-refractivity contribution is 5.89. The van der Waals surface area contributed by atoms with Crippen molar-refractivity contribution in [3.8, 4) is 0 Å². The molecule has 6 nitrogen and oxygen atoms in total. The number of hydrogen-bond acceptors (Lipinski definition) is 4. The summed E-state index contributed by atoms with van der Waals surface area (Å²) in [7, 11) is 0. The summed E-state index contributed by atoms with van der Waals surface area (Å²) in [5.41, 5.74) is 2.34. The molecule has 0 spiro atoms. The fourth-order valence-corrected chi connectivity index (χ4v) is 3.16. The smallest absolute Gasteiger partial charge is 0.225 e. The summed E-state index contributed by atoms with van der Waals surface area (Å²) >= 11 is 0. The van der Waals surface area contributed by atoms with E-state index in [9.17, 15) is 9.59 Å². The van der Waals surface area contributed by atoms with Gasteiger partial charge in [-0.3, -0.25) is 9.59 Å². The van der Waals surface area contributed by atoms with Gasteiger partial charge in [0, 0.05) is 30.9 Å². The van der Waals surface area contributed by atoms with E-state index in [1.807, 2.05) is 20.0 Å². The van der Waals surface area contributed by atoms with Crippen LogP contribution in [0.1, 0.15) is 43.8 Å². The van der Waals surface area contributed by atoms with Crippen molar-refractivity contribution in [1.82, 2.24) is 20.2 Å². The number of aromatic nitrogens is 2. The lowest BCUT2D eigenvalue weighted by atomic mass is 10.1. The Balaban J connectivity index is 1.56. The molecule has 22 heavy (non-hydrogen) atoms. The summed E-state index contributed by atoms with van der Waals surface area (Å²) in [5, 5.41) is 2.87. The molecular weight excluding hydrogens is 280 g/mol. The van der Waals surface area contributed by atoms with E-state index in [0.717, 1.165) is 25.0 Å². The number of fused-ring (bicyclic) bond motifs is 1. The number of hydrogen-bond donors (Lipinski definition) is 1. The third-order valence-corrected chi connectivity index (χ3v) is 4.44. The first-order chi connectivity index (χ1) is 10.5. The maximum atomic E-state index is 12.2. The van der Waals surface area contributed by atoms with Crippen LogP contribution in [0.4, 0.5) is 0 Å². The Labute approximate surface area is 130 Å². The van der Waals surface area contributed by atoms with Crippen LogP contribution in [0.15, 0.2) is 6.20 Å². The highest BCUT2D eigenvalue weighted by atomic mass is 16.2. The van der Waals surface area contributed by atoms with Crippen molar-refractivity contribution in [2.75, 3.05) is 6.54 Å². The molecule has 2 amide bonds. The van der Waals surface area contributed by atoms with E-state index < -0.39 is 0 Å². The quantitative estimate of drug-likeness (QED) is 0.894. The predicted octanol–water partition coefficient (Wildman–Crippen LogP) is 0.838. The number of nitrogens with zero attached hydrogens (tertiary/aromatic N) is 3. The average Bonchev–Trinajstić information content (AvgIpc) is 3.10. The molecular formula is C16H22N4O2. The molecule has 2 aliphatic rings. The summed E-state index contributed by atoms with van der Waals surface area (Å²) in [6.07, 6.45) is 5.36. The summed E-state index contributed by atoms with van der Waals surface area (Å²) in [5.74, 6) is 0.368. The first-order valence-corrected chi connectivity index (χ1v) is 7.95. The van der Waals surface area contributed by atoms with Crippen molar-refractivity contribution in [3.63, 3.8) is 0 Å². The molecule has 1 saturated heterocycles. The lowest BCUT2D eigenvalue weighted by molar-refractivity contribution is -0.130. The molecule has 0 saturated carbocycles. The van der Waals surface area contributed by atoms with Gasteiger partial charge >= 0.3 is 0 Å². The second-order valence-electron chi connectivity index (χ2n) is 6.37. The first-order valence-electron chi connectivity index (χ1n) is 7.95. The van der Waals surface area contributed by atoms with Crippen LogP contribution in [0.25, 0.3) is 0 Å². The van der Waals surface area contributed by atoms with Gasteiger partial charge in [0.25, 0.3) is 0 Å². The van der Waals surface area contributed by atoms with Crippen LogP contribution in [0.5, 0.6) is 0 Å². The molecule has 1 aliphatic heterocycles. The van der Waals surface area contributed by atoms with Gasteiger partial charge in [-0.2, -0.15) is 0 Å². The summed E-state index contributed by atoms with van der Waals surface area (Å²) in [6, 6.07) is 0.144. The maximum absolute atomic E-state index is 12.2. The SMILES string of the molecule is CC(C)N1CC(C(=O)NCc2ncc3c(n2)CCC3)CC1=O. The van der Waals surface area contributed by atoms with Gasteiger partial charge in [0.15, 0.2) is 0 Å². The van der Waals surface area contributed by atoms with E-state index in [1.54, 1.807) is 4.90 Å². The van der Waals surface area contributed by atoms with Crippen molar-refractivity contribution in [3.05, 3.63) is 23.3 Å². The molecule has 1 atom stereocenters. The van der Waals surface area contributed by atoms with E-state index in [-0.39, 0.29) is 23.8 Å². The predicted molar refractivity (Wildman–Crippen MR) is 80.9 cm³/mol. The lowest BCUT2D eigenvalue weighted by Gasteiger charge is -2.20. The van der Waals surface area contributed by atoms with Crippen LogP contribution < -0.4 is 5.32 Å². The van der Waals surface area contributed by atoms with Crippen molar-refractivity contribution in [2.24, 2.45) is 5.92 Å². The fourth-order valence-electron chi connectivity index (χ4n) is 3.16. The highest BCUT2D eigenvalue weighted by Gasteiger charge is 2.35. The largest absolute Gasteiger partial charge is 0.348 e. The minimum Gasteiger partial charge on any atom is -0.348 e. The third kappa shape index (κ3) is 2.96. The summed E-state index contributed by atoms with van der Waals surface area (Å²) in [4.78, 5) is 34.6. The number of carbonyl (C=O) groups excluding carboxylic acids is 2. The number of aryl methyl sites for hydroxylation is 2. The van der Waals surface area contributed by atoms with Crippen molar-refractivity contribution < 1.29 is 9.59 Å². The Bertz CT molecular complexity index is 600. The molecule has 1 aliphatic carbocycles. The topological polar surface area (TPSA) is 75.2 Å². The van der Waals surface area contributed by atoms with Gasteiger partial charge in [-0.1, -0.05) is 0 Å². The second-order valence-corrected chi connectivity index (χ2v) is 6.37. The second kappa shape index (κ2) is 6.02. The number of carbonyl (C=O) groups is 2. The minimum absolute atomic E-state index is 0.0592. The molecule has 2 heterocycles. The standard InChI is InChI=1S/C16H22N4O2/c1-10(2)20-9-12(6-15(20)21)16(22)18-8-14-17-7-11-4-3-5-13(11)19-14/h7,10,12H,3-6,8-9H2,1-2H3,(H,18,22). The van der Waals surface area contributed by atoms with E-state index in [0.29, 0.717) is 25.3 Å². The van der Waals surface area contributed by atoms with Gasteiger partial charge in [-0.25, -0.2) is 9.97 Å². The summed E-state index contributed by atoms with van der Waals surface area (Å²) < 4.78 is 0. The van der Waals surface area contributed by atoms with E-state index >= 15 is 0 Å². The zero-order valence-corrected chi connectivity index (χ0v) is 13.1. The Kier molecular flexibility index (Phi) is 4.09. The lowest BCUT2D eigenvalue weighted by Crippen LogP contribution is -2.35. The molecule has 1 aromatic rings. The van der Waals surface area contributed by atoms with Crippen molar-refractivity contribution in [1.29, 1.82) is 0 Å². The molecule has 0 radical (unpaired) electrons. The normalized spacial score (nSPS) is 20.6. The molecule has 1 N–H and O–H groups in total. The van der Waals surface area contributed by atoms with Gasteiger partial charge in [0.1, 0.15) is 5.82 Å². The van der Waals surface area contributed by atoms with Crippen LogP contribution in [0, 0.1) is 5.92 Å². The number of amides is 2. The zero-order chi connectivity index (χ0) is 15.7. The van der Waals surface area contributed by atoms with Gasteiger partial charge < -0.3 is 10.2 Å². The van der Waals surface area contributed by atoms with Crippen molar-refractivity contribution >= 4 is 11.8 Å². The Morgan fingerprint density at radius 2 is 2.27 bits per heavy atom. The van der Waals surface area contributed by atoms with Crippen LogP contribution >= 0.6 is 0 Å². The molecule has 118 valence electrons. The minimum atomic E-state index is -0.260. The van der Waals surface area contributed by atoms with Gasteiger partial charge in [0.05, 0.1) is 12.5 Å². The number of likely N-dealkylation sites (tertiary alicyclic amines) is 1. The number of nitrogens with one attached hydrogen (secondary N) is 1. The highest BCUT2D eigenvalue weighted by Crippen LogP contribution is 2.21. The molecule has 6 heteroatoms. The third-order valence-electron chi connectivity index (χ3n) is 4.44. The monoisotopic (exact) mass is 302 g/mol. The Hall–Kier alpha value is -1.98.